The number of aliphatic hydroxyl groups is 1. The van der Waals surface area contributed by atoms with Crippen molar-refractivity contribution in [3.05, 3.63) is 39.9 Å². The molecular formula is C15H22N2O5. The van der Waals surface area contributed by atoms with Crippen LogP contribution >= 0.6 is 0 Å². The molecule has 2 N–H and O–H groups in total. The molecule has 0 bridgehead atoms. The molecule has 1 aliphatic rings. The summed E-state index contributed by atoms with van der Waals surface area (Å²) in [4.78, 5) is 10.3. The molecule has 0 spiro atoms. The maximum absolute atomic E-state index is 10.7. The first-order valence-electron chi connectivity index (χ1n) is 7.38. The molecule has 1 aliphatic heterocycles. The van der Waals surface area contributed by atoms with Gasteiger partial charge in [0.25, 0.3) is 5.69 Å². The standard InChI is InChI=1S/C15H22N2O5/c1-10(2)16-9-13(18)14(15-21-7-8-22-15)11-3-5-12(6-4-11)17(19)20/h3-6,10,13-16,18H,7-9H2,1-2H3. The minimum atomic E-state index is -0.716. The SMILES string of the molecule is CC(C)NCC(O)C(c1ccc([N+](=O)[O-])cc1)C1OCCO1. The number of nitrogens with one attached hydrogen (secondary N) is 1. The van der Waals surface area contributed by atoms with Gasteiger partial charge in [-0.05, 0) is 5.56 Å². The average Bonchev–Trinajstić information content (AvgIpc) is 3.00. The second-order valence-corrected chi connectivity index (χ2v) is 5.61. The van der Waals surface area contributed by atoms with Crippen molar-refractivity contribution in [2.24, 2.45) is 0 Å². The molecule has 0 amide bonds. The second kappa shape index (κ2) is 7.64. The summed E-state index contributed by atoms with van der Waals surface area (Å²) < 4.78 is 11.1. The van der Waals surface area contributed by atoms with E-state index in [4.69, 9.17) is 9.47 Å². The Balaban J connectivity index is 2.17. The van der Waals surface area contributed by atoms with Crippen molar-refractivity contribution in [1.82, 2.24) is 5.32 Å². The first kappa shape index (κ1) is 16.8. The largest absolute Gasteiger partial charge is 0.391 e. The van der Waals surface area contributed by atoms with Gasteiger partial charge in [0.1, 0.15) is 0 Å². The first-order valence-corrected chi connectivity index (χ1v) is 7.38. The van der Waals surface area contributed by atoms with E-state index < -0.39 is 23.2 Å². The highest BCUT2D eigenvalue weighted by Gasteiger charge is 2.34. The van der Waals surface area contributed by atoms with Crippen LogP contribution in [0.5, 0.6) is 0 Å². The van der Waals surface area contributed by atoms with Gasteiger partial charge < -0.3 is 19.9 Å². The number of rotatable bonds is 7. The Hall–Kier alpha value is -1.54. The number of nitrogens with zero attached hydrogens (tertiary/aromatic N) is 1. The van der Waals surface area contributed by atoms with Gasteiger partial charge in [0.05, 0.1) is 30.2 Å². The summed E-state index contributed by atoms with van der Waals surface area (Å²) in [5.41, 5.74) is 0.779. The molecule has 22 heavy (non-hydrogen) atoms. The van der Waals surface area contributed by atoms with Gasteiger partial charge in [0, 0.05) is 24.7 Å². The molecule has 0 aliphatic carbocycles. The van der Waals surface area contributed by atoms with Crippen LogP contribution in [-0.4, -0.2) is 48.2 Å². The summed E-state index contributed by atoms with van der Waals surface area (Å²) >= 11 is 0. The van der Waals surface area contributed by atoms with Gasteiger partial charge in [-0.25, -0.2) is 0 Å². The Morgan fingerprint density at radius 2 is 1.91 bits per heavy atom. The zero-order chi connectivity index (χ0) is 16.1. The van der Waals surface area contributed by atoms with Crippen molar-refractivity contribution in [2.45, 2.75) is 38.2 Å². The van der Waals surface area contributed by atoms with E-state index in [2.05, 4.69) is 5.32 Å². The molecule has 1 heterocycles. The number of hydrogen-bond acceptors (Lipinski definition) is 6. The van der Waals surface area contributed by atoms with E-state index in [1.807, 2.05) is 13.8 Å². The van der Waals surface area contributed by atoms with E-state index in [9.17, 15) is 15.2 Å². The summed E-state index contributed by atoms with van der Waals surface area (Å²) in [6.07, 6.45) is -1.25. The number of ether oxygens (including phenoxy) is 2. The normalized spacial score (nSPS) is 18.5. The maximum Gasteiger partial charge on any atom is 0.269 e. The van der Waals surface area contributed by atoms with Crippen LogP contribution in [-0.2, 0) is 9.47 Å². The summed E-state index contributed by atoms with van der Waals surface area (Å²) in [5, 5.41) is 24.4. The molecular weight excluding hydrogens is 288 g/mol. The Morgan fingerprint density at radius 1 is 1.32 bits per heavy atom. The highest BCUT2D eigenvalue weighted by atomic mass is 16.7. The number of nitro groups is 1. The number of hydrogen-bond donors (Lipinski definition) is 2. The molecule has 7 heteroatoms. The zero-order valence-electron chi connectivity index (χ0n) is 12.8. The molecule has 2 rings (SSSR count). The van der Waals surface area contributed by atoms with Gasteiger partial charge >= 0.3 is 0 Å². The predicted molar refractivity (Wildman–Crippen MR) is 80.7 cm³/mol. The second-order valence-electron chi connectivity index (χ2n) is 5.61. The summed E-state index contributed by atoms with van der Waals surface area (Å²) in [6, 6.07) is 6.40. The van der Waals surface area contributed by atoms with Gasteiger partial charge in [-0.1, -0.05) is 26.0 Å². The summed E-state index contributed by atoms with van der Waals surface area (Å²) in [6.45, 7) is 5.35. The maximum atomic E-state index is 10.7. The van der Waals surface area contributed by atoms with E-state index in [1.54, 1.807) is 12.1 Å². The van der Waals surface area contributed by atoms with Crippen LogP contribution in [0.25, 0.3) is 0 Å². The zero-order valence-corrected chi connectivity index (χ0v) is 12.8. The van der Waals surface area contributed by atoms with E-state index >= 15 is 0 Å². The molecule has 0 aromatic heterocycles. The molecule has 1 aromatic rings. The third-order valence-electron chi connectivity index (χ3n) is 3.58. The fourth-order valence-electron chi connectivity index (χ4n) is 2.45. The predicted octanol–water partition coefficient (Wildman–Crippen LogP) is 1.41. The van der Waals surface area contributed by atoms with E-state index in [1.165, 1.54) is 12.1 Å². The van der Waals surface area contributed by atoms with Crippen molar-refractivity contribution in [1.29, 1.82) is 0 Å². The van der Waals surface area contributed by atoms with Gasteiger partial charge in [-0.3, -0.25) is 10.1 Å². The minimum absolute atomic E-state index is 0.0190. The lowest BCUT2D eigenvalue weighted by atomic mass is 9.92. The number of nitro benzene ring substituents is 1. The van der Waals surface area contributed by atoms with Crippen LogP contribution in [0, 0.1) is 10.1 Å². The van der Waals surface area contributed by atoms with Crippen LogP contribution in [0.1, 0.15) is 25.3 Å². The van der Waals surface area contributed by atoms with Gasteiger partial charge in [-0.2, -0.15) is 0 Å². The van der Waals surface area contributed by atoms with Gasteiger partial charge in [-0.15, -0.1) is 0 Å². The van der Waals surface area contributed by atoms with Crippen molar-refractivity contribution < 1.29 is 19.5 Å². The van der Waals surface area contributed by atoms with Crippen LogP contribution in [0.4, 0.5) is 5.69 Å². The van der Waals surface area contributed by atoms with Gasteiger partial charge in [0.15, 0.2) is 6.29 Å². The number of benzene rings is 1. The Morgan fingerprint density at radius 3 is 2.41 bits per heavy atom. The lowest BCUT2D eigenvalue weighted by molar-refractivity contribution is -0.384. The lowest BCUT2D eigenvalue weighted by Crippen LogP contribution is -2.40. The highest BCUT2D eigenvalue weighted by Crippen LogP contribution is 2.30. The first-order chi connectivity index (χ1) is 10.5. The molecule has 1 aromatic carbocycles. The Labute approximate surface area is 129 Å². The fraction of sp³-hybridized carbons (Fsp3) is 0.600. The van der Waals surface area contributed by atoms with Crippen LogP contribution < -0.4 is 5.32 Å². The molecule has 0 radical (unpaired) electrons. The monoisotopic (exact) mass is 310 g/mol. The van der Waals surface area contributed by atoms with Gasteiger partial charge in [0.2, 0.25) is 0 Å². The average molecular weight is 310 g/mol. The molecule has 0 saturated carbocycles. The molecule has 7 nitrogen and oxygen atoms in total. The third kappa shape index (κ3) is 4.23. The third-order valence-corrected chi connectivity index (χ3v) is 3.58. The Bertz CT molecular complexity index is 485. The molecule has 1 fully saturated rings. The van der Waals surface area contributed by atoms with Crippen molar-refractivity contribution in [3.63, 3.8) is 0 Å². The summed E-state index contributed by atoms with van der Waals surface area (Å²) in [5.74, 6) is -0.394. The van der Waals surface area contributed by atoms with Crippen LogP contribution in [0.15, 0.2) is 24.3 Å². The number of non-ortho nitro benzene ring substituents is 1. The molecule has 122 valence electrons. The van der Waals surface area contributed by atoms with E-state index in [0.29, 0.717) is 19.8 Å². The highest BCUT2D eigenvalue weighted by molar-refractivity contribution is 5.35. The Kier molecular flexibility index (Phi) is 5.84. The molecule has 2 atom stereocenters. The van der Waals surface area contributed by atoms with Crippen molar-refractivity contribution in [2.75, 3.05) is 19.8 Å². The smallest absolute Gasteiger partial charge is 0.269 e. The quantitative estimate of drug-likeness (QED) is 0.584. The van der Waals surface area contributed by atoms with Crippen molar-refractivity contribution in [3.8, 4) is 0 Å². The van der Waals surface area contributed by atoms with E-state index in [-0.39, 0.29) is 11.7 Å². The molecule has 1 saturated heterocycles. The van der Waals surface area contributed by atoms with Crippen LogP contribution in [0.3, 0.4) is 0 Å². The summed E-state index contributed by atoms with van der Waals surface area (Å²) in [7, 11) is 0. The topological polar surface area (TPSA) is 93.9 Å². The van der Waals surface area contributed by atoms with E-state index in [0.717, 1.165) is 5.56 Å². The minimum Gasteiger partial charge on any atom is -0.391 e. The van der Waals surface area contributed by atoms with Crippen molar-refractivity contribution >= 4 is 5.69 Å². The van der Waals surface area contributed by atoms with Crippen LogP contribution in [0.2, 0.25) is 0 Å². The fourth-order valence-corrected chi connectivity index (χ4v) is 2.45. The lowest BCUT2D eigenvalue weighted by Gasteiger charge is -2.28. The molecule has 2 unspecified atom stereocenters. The number of aliphatic hydroxyl groups excluding tert-OH is 1.